The highest BCUT2D eigenvalue weighted by atomic mass is 16.5. The fraction of sp³-hybridized carbons (Fsp3) is 0.594. The summed E-state index contributed by atoms with van der Waals surface area (Å²) in [5, 5.41) is 49.8. The number of ketones is 1. The first-order valence-electron chi connectivity index (χ1n) is 28.8. The summed E-state index contributed by atoms with van der Waals surface area (Å²) in [6.07, 6.45) is 19.4. The van der Waals surface area contributed by atoms with E-state index in [0.717, 1.165) is 110 Å². The van der Waals surface area contributed by atoms with Crippen LogP contribution in [0.2, 0.25) is 0 Å². The van der Waals surface area contributed by atoms with E-state index in [4.69, 9.17) is 20.2 Å². The van der Waals surface area contributed by atoms with Gasteiger partial charge in [0.05, 0.1) is 30.9 Å². The Morgan fingerprint density at radius 2 is 1.80 bits per heavy atom. The normalized spacial score (nSPS) is 31.5. The first-order chi connectivity index (χ1) is 36.0. The first kappa shape index (κ1) is 51.0. The van der Waals surface area contributed by atoms with Crippen LogP contribution < -0.4 is 15.8 Å². The predicted molar refractivity (Wildman–Crippen MR) is 290 cm³/mol. The lowest BCUT2D eigenvalue weighted by atomic mass is 9.55. The average Bonchev–Trinajstić information content (AvgIpc) is 3.94. The number of nitrogens with one attached hydrogen (secondary N) is 1. The van der Waals surface area contributed by atoms with Crippen LogP contribution in [0.5, 0.6) is 17.2 Å². The van der Waals surface area contributed by atoms with Crippen molar-refractivity contribution in [3.8, 4) is 29.1 Å². The van der Waals surface area contributed by atoms with E-state index in [-0.39, 0.29) is 96.0 Å². The molecule has 11 atom stereocenters. The number of benzene rings is 3. The Kier molecular flexibility index (Phi) is 14.8. The van der Waals surface area contributed by atoms with Gasteiger partial charge in [0.15, 0.2) is 23.2 Å². The Morgan fingerprint density at radius 1 is 0.959 bits per heavy atom. The number of aryl methyl sites for hydroxylation is 2. The number of carbonyl (C=O) groups is 1. The lowest BCUT2D eigenvalue weighted by Gasteiger charge is -2.50. The van der Waals surface area contributed by atoms with Gasteiger partial charge in [-0.15, -0.1) is 0 Å². The van der Waals surface area contributed by atoms with Gasteiger partial charge in [0.1, 0.15) is 5.75 Å². The second kappa shape index (κ2) is 21.5. The third-order valence-corrected chi connectivity index (χ3v) is 19.7. The molecule has 1 aliphatic heterocycles. The monoisotopic (exact) mass is 1000 g/mol. The summed E-state index contributed by atoms with van der Waals surface area (Å²) in [5.74, 6) is 9.20. The van der Waals surface area contributed by atoms with E-state index in [2.05, 4.69) is 61.3 Å². The van der Waals surface area contributed by atoms with Crippen molar-refractivity contribution in [2.45, 2.75) is 172 Å². The highest BCUT2D eigenvalue weighted by Gasteiger charge is 2.50. The van der Waals surface area contributed by atoms with Crippen LogP contribution >= 0.6 is 0 Å². The number of carbonyl (C=O) groups excluding carboxylic acids is 1. The standard InChI is InChI=1S/C64H81N3O7/c1-4-49-42(34-68)18-21-51(55(49)35-69)58(71)22-19-41-33-59(74-48-12-5-6-13-48)62(72)61-50(41)14-9-11-46-30-44-32-53-52(24-37(2)25-54(53)60(61)56(44)36-73-3)43-27-39(28-47(70)31-43)26-38-15-16-40-17-20-45-10-7-8-23-64(45,57(40)29-38)67-63(65)66-46/h15-16,27-29,31-33,37,42,44-46,48-49,52,54,56,60,68-70,72H,4-8,10-13,17-26,30,34-36H2,1-3H3,(H3,65,66,67)/t37-,42+,44+,45-,46+,49+,52+,54+,56+,60+,64-/m1/s1. The van der Waals surface area contributed by atoms with Gasteiger partial charge in [-0.05, 0) is 207 Å². The number of aromatic hydroxyl groups is 2. The molecule has 7 aliphatic carbocycles. The van der Waals surface area contributed by atoms with Crippen molar-refractivity contribution < 1.29 is 34.7 Å². The highest BCUT2D eigenvalue weighted by Crippen LogP contribution is 2.60. The number of Topliss-reactive ketones (excluding diaryl/α,β-unsaturated/α-hetero) is 1. The molecule has 7 N–H and O–H groups in total. The van der Waals surface area contributed by atoms with Crippen LogP contribution in [0.3, 0.4) is 0 Å². The van der Waals surface area contributed by atoms with Gasteiger partial charge in [-0.1, -0.05) is 74.4 Å². The Bertz CT molecular complexity index is 2780. The average molecular weight is 1000 g/mol. The molecule has 394 valence electrons. The minimum absolute atomic E-state index is 0.00793. The number of aliphatic hydroxyl groups is 2. The Morgan fingerprint density at radius 3 is 2.59 bits per heavy atom. The molecule has 8 aliphatic rings. The lowest BCUT2D eigenvalue weighted by molar-refractivity contribution is -0.116. The van der Waals surface area contributed by atoms with Gasteiger partial charge >= 0.3 is 0 Å². The van der Waals surface area contributed by atoms with E-state index < -0.39 is 0 Å². The zero-order chi connectivity index (χ0) is 51.3. The minimum Gasteiger partial charge on any atom is -0.508 e. The van der Waals surface area contributed by atoms with E-state index in [1.165, 1.54) is 28.7 Å². The van der Waals surface area contributed by atoms with Crippen LogP contribution in [0.25, 0.3) is 0 Å². The van der Waals surface area contributed by atoms with Gasteiger partial charge in [0.25, 0.3) is 0 Å². The Balaban J connectivity index is 1.10. The third kappa shape index (κ3) is 9.61. The second-order valence-corrected chi connectivity index (χ2v) is 24.1. The van der Waals surface area contributed by atoms with Crippen LogP contribution in [0.1, 0.15) is 179 Å². The maximum Gasteiger partial charge on any atom is 0.189 e. The zero-order valence-electron chi connectivity index (χ0n) is 44.3. The lowest BCUT2D eigenvalue weighted by Crippen LogP contribution is -2.57. The topological polar surface area (TPSA) is 167 Å². The molecular weight excluding hydrogens is 923 g/mol. The molecule has 3 aromatic carbocycles. The smallest absolute Gasteiger partial charge is 0.189 e. The van der Waals surface area contributed by atoms with Gasteiger partial charge < -0.3 is 41.0 Å². The molecule has 0 radical (unpaired) electrons. The van der Waals surface area contributed by atoms with Crippen LogP contribution in [0.4, 0.5) is 0 Å². The Labute approximate surface area is 439 Å². The Hall–Kier alpha value is -5.08. The number of nitrogens with two attached hydrogens (primary N) is 1. The van der Waals surface area contributed by atoms with Crippen molar-refractivity contribution in [2.75, 3.05) is 26.9 Å². The van der Waals surface area contributed by atoms with Gasteiger partial charge in [-0.25, -0.2) is 4.99 Å². The summed E-state index contributed by atoms with van der Waals surface area (Å²) < 4.78 is 13.2. The summed E-state index contributed by atoms with van der Waals surface area (Å²) in [6, 6.07) is 15.1. The largest absolute Gasteiger partial charge is 0.508 e. The minimum atomic E-state index is -0.339. The van der Waals surface area contributed by atoms with Crippen molar-refractivity contribution in [2.24, 2.45) is 52.2 Å². The molecule has 3 saturated carbocycles. The molecule has 0 amide bonds. The molecule has 1 heterocycles. The van der Waals surface area contributed by atoms with E-state index in [1.54, 1.807) is 7.11 Å². The van der Waals surface area contributed by atoms with Crippen LogP contribution in [-0.4, -0.2) is 71.2 Å². The number of aliphatic imine (C=N–C) groups is 1. The van der Waals surface area contributed by atoms with E-state index in [9.17, 15) is 25.2 Å². The summed E-state index contributed by atoms with van der Waals surface area (Å²) >= 11 is 0. The maximum absolute atomic E-state index is 14.6. The predicted octanol–water partition coefficient (Wildman–Crippen LogP) is 10.7. The maximum atomic E-state index is 14.6. The highest BCUT2D eigenvalue weighted by molar-refractivity contribution is 5.96. The van der Waals surface area contributed by atoms with Crippen LogP contribution in [0.15, 0.2) is 70.3 Å². The molecule has 10 heteroatoms. The number of phenols is 2. The number of ether oxygens (including phenoxy) is 2. The molecule has 8 bridgehead atoms. The van der Waals surface area contributed by atoms with Crippen molar-refractivity contribution >= 4 is 11.7 Å². The SMILES string of the molecule is CC[C@@H]1C(CO)=C(C(=O)CCc2cc(OC3CCCC3)c(O)c3c2C#CC[C@H]2C[C@H]4C=C5[C@@H](C[C@@H](C)C[C@@H]5[C@H]3[C@H]4COC)c3cc(O)cc(c3)Cc3ccc4c(c3)[C@]3(CCCC[C@@H]3CC4)NC(N)=N2)CC[C@H]1CO. The molecule has 0 saturated heterocycles. The van der Waals surface area contributed by atoms with Gasteiger partial charge in [-0.2, -0.15) is 0 Å². The quantitative estimate of drug-likeness (QED) is 0.0810. The van der Waals surface area contributed by atoms with E-state index in [0.29, 0.717) is 74.2 Å². The molecule has 11 rings (SSSR count). The molecule has 0 unspecified atom stereocenters. The number of rotatable bonds is 11. The molecule has 3 fully saturated rings. The van der Waals surface area contributed by atoms with Crippen molar-refractivity contribution in [1.29, 1.82) is 0 Å². The van der Waals surface area contributed by atoms with Crippen molar-refractivity contribution in [3.63, 3.8) is 0 Å². The fourth-order valence-corrected chi connectivity index (χ4v) is 16.4. The summed E-state index contributed by atoms with van der Waals surface area (Å²) in [5.41, 5.74) is 18.4. The molecular formula is C64H81N3O7. The van der Waals surface area contributed by atoms with Gasteiger partial charge in [-0.3, -0.25) is 4.79 Å². The number of guanidine groups is 1. The van der Waals surface area contributed by atoms with Gasteiger partial charge in [0, 0.05) is 49.5 Å². The number of hydrogen-bond acceptors (Lipinski definition) is 10. The molecule has 0 aromatic heterocycles. The number of methoxy groups -OCH3 is 1. The summed E-state index contributed by atoms with van der Waals surface area (Å²) in [6.45, 7) is 4.72. The molecule has 10 nitrogen and oxygen atoms in total. The van der Waals surface area contributed by atoms with Crippen molar-refractivity contribution in [3.05, 3.63) is 110 Å². The number of fused-ring (bicyclic) bond motifs is 9. The summed E-state index contributed by atoms with van der Waals surface area (Å²) in [7, 11) is 1.79. The van der Waals surface area contributed by atoms with Crippen LogP contribution in [0, 0.1) is 53.3 Å². The fourth-order valence-electron chi connectivity index (χ4n) is 16.4. The van der Waals surface area contributed by atoms with E-state index >= 15 is 0 Å². The molecule has 3 aromatic rings. The van der Waals surface area contributed by atoms with Crippen LogP contribution in [-0.2, 0) is 34.3 Å². The number of nitrogens with zero attached hydrogens (tertiary/aromatic N) is 1. The number of aliphatic hydroxyl groups excluding tert-OH is 2. The number of phenolic OH excluding ortho intramolecular Hbond substituents is 2. The van der Waals surface area contributed by atoms with Crippen molar-refractivity contribution in [1.82, 2.24) is 5.32 Å². The zero-order valence-corrected chi connectivity index (χ0v) is 44.3. The van der Waals surface area contributed by atoms with E-state index in [1.807, 2.05) is 18.2 Å². The first-order valence-corrected chi connectivity index (χ1v) is 28.8. The van der Waals surface area contributed by atoms with Gasteiger partial charge in [0.2, 0.25) is 0 Å². The second-order valence-electron chi connectivity index (χ2n) is 24.1. The molecule has 1 spiro atoms. The summed E-state index contributed by atoms with van der Waals surface area (Å²) in [4.78, 5) is 20.1. The number of allylic oxidation sites excluding steroid dienone is 3. The number of hydrogen-bond donors (Lipinski definition) is 6. The molecule has 74 heavy (non-hydrogen) atoms. The third-order valence-electron chi connectivity index (χ3n) is 19.7.